The van der Waals surface area contributed by atoms with Gasteiger partial charge in [0, 0.05) is 11.6 Å². The van der Waals surface area contributed by atoms with Gasteiger partial charge in [-0.1, -0.05) is 30.3 Å². The van der Waals surface area contributed by atoms with Crippen LogP contribution in [0.15, 0.2) is 53.2 Å². The lowest BCUT2D eigenvalue weighted by atomic mass is 9.95. The topological polar surface area (TPSA) is 83.4 Å². The average Bonchev–Trinajstić information content (AvgIpc) is 3.35. The van der Waals surface area contributed by atoms with Gasteiger partial charge in [-0.05, 0) is 19.4 Å². The Bertz CT molecular complexity index is 1060. The molecule has 1 atom stereocenters. The van der Waals surface area contributed by atoms with Gasteiger partial charge in [0.15, 0.2) is 10.9 Å². The number of thiazole rings is 2. The zero-order chi connectivity index (χ0) is 19.1. The van der Waals surface area contributed by atoms with Crippen LogP contribution in [0.4, 0.5) is 5.13 Å². The predicted octanol–water partition coefficient (Wildman–Crippen LogP) is 4.00. The third kappa shape index (κ3) is 2.87. The number of aromatic nitrogens is 2. The minimum Gasteiger partial charge on any atom is -0.503 e. The van der Waals surface area contributed by atoms with E-state index in [2.05, 4.69) is 9.97 Å². The smallest absolute Gasteiger partial charge is 0.296 e. The largest absolute Gasteiger partial charge is 0.503 e. The zero-order valence-corrected chi connectivity index (χ0v) is 16.2. The molecular formula is C19H15N3O3S2. The normalized spacial score (nSPS) is 17.0. The maximum absolute atomic E-state index is 13.3. The van der Waals surface area contributed by atoms with E-state index in [1.54, 1.807) is 18.5 Å². The molecule has 0 fully saturated rings. The van der Waals surface area contributed by atoms with Crippen LogP contribution >= 0.6 is 22.7 Å². The molecule has 1 aliphatic heterocycles. The van der Waals surface area contributed by atoms with E-state index in [1.165, 1.54) is 27.6 Å². The molecule has 2 aromatic heterocycles. The van der Waals surface area contributed by atoms with Gasteiger partial charge in [-0.2, -0.15) is 0 Å². The summed E-state index contributed by atoms with van der Waals surface area (Å²) in [6, 6.07) is 8.44. The lowest BCUT2D eigenvalue weighted by Crippen LogP contribution is -2.30. The molecule has 0 saturated carbocycles. The first-order chi connectivity index (χ1) is 13.0. The Labute approximate surface area is 163 Å². The highest BCUT2D eigenvalue weighted by molar-refractivity contribution is 7.14. The standard InChI is InChI=1S/C19H15N3O3S2/c1-10-17(27-11(2)21-10)15(23)13-14(12-6-4-3-5-7-12)22(18(25)16(13)24)19-20-8-9-26-19/h3-9,14,24H,1-2H3. The highest BCUT2D eigenvalue weighted by Gasteiger charge is 2.46. The Morgan fingerprint density at radius 3 is 2.56 bits per heavy atom. The molecule has 3 heterocycles. The number of benzene rings is 1. The van der Waals surface area contributed by atoms with Crippen LogP contribution < -0.4 is 4.90 Å². The van der Waals surface area contributed by atoms with Gasteiger partial charge in [0.1, 0.15) is 0 Å². The third-order valence-electron chi connectivity index (χ3n) is 4.30. The van der Waals surface area contributed by atoms with E-state index in [-0.39, 0.29) is 11.4 Å². The van der Waals surface area contributed by atoms with Gasteiger partial charge in [0.2, 0.25) is 5.78 Å². The van der Waals surface area contributed by atoms with Crippen molar-refractivity contribution in [3.8, 4) is 0 Å². The summed E-state index contributed by atoms with van der Waals surface area (Å²) < 4.78 is 0. The van der Waals surface area contributed by atoms with Crippen molar-refractivity contribution in [2.75, 3.05) is 4.90 Å². The third-order valence-corrected chi connectivity index (χ3v) is 6.15. The van der Waals surface area contributed by atoms with Crippen molar-refractivity contribution in [2.45, 2.75) is 19.9 Å². The molecule has 8 heteroatoms. The van der Waals surface area contributed by atoms with Crippen LogP contribution in [0.25, 0.3) is 0 Å². The summed E-state index contributed by atoms with van der Waals surface area (Å²) in [5, 5.41) is 13.6. The van der Waals surface area contributed by atoms with Gasteiger partial charge >= 0.3 is 0 Å². The van der Waals surface area contributed by atoms with E-state index in [9.17, 15) is 14.7 Å². The van der Waals surface area contributed by atoms with Gasteiger partial charge in [0.05, 0.1) is 27.2 Å². The lowest BCUT2D eigenvalue weighted by Gasteiger charge is -2.24. The molecule has 0 radical (unpaired) electrons. The summed E-state index contributed by atoms with van der Waals surface area (Å²) >= 11 is 2.54. The first kappa shape index (κ1) is 17.6. The average molecular weight is 397 g/mol. The highest BCUT2D eigenvalue weighted by atomic mass is 32.1. The maximum atomic E-state index is 13.3. The molecule has 0 saturated heterocycles. The van der Waals surface area contributed by atoms with Crippen LogP contribution in [0.5, 0.6) is 0 Å². The Hall–Kier alpha value is -2.84. The first-order valence-corrected chi connectivity index (χ1v) is 9.88. The van der Waals surface area contributed by atoms with Gasteiger partial charge in [-0.25, -0.2) is 9.97 Å². The summed E-state index contributed by atoms with van der Waals surface area (Å²) in [6.07, 6.45) is 1.59. The number of anilines is 1. The van der Waals surface area contributed by atoms with Crippen LogP contribution in [0.1, 0.15) is 32.0 Å². The molecule has 27 heavy (non-hydrogen) atoms. The van der Waals surface area contributed by atoms with Crippen molar-refractivity contribution < 1.29 is 14.7 Å². The monoisotopic (exact) mass is 397 g/mol. The van der Waals surface area contributed by atoms with E-state index in [4.69, 9.17) is 0 Å². The van der Waals surface area contributed by atoms with Crippen LogP contribution in [0.2, 0.25) is 0 Å². The van der Waals surface area contributed by atoms with Crippen molar-refractivity contribution in [3.63, 3.8) is 0 Å². The number of nitrogens with zero attached hydrogens (tertiary/aromatic N) is 3. The van der Waals surface area contributed by atoms with Crippen LogP contribution in [0, 0.1) is 13.8 Å². The number of aliphatic hydroxyl groups excluding tert-OH is 1. The summed E-state index contributed by atoms with van der Waals surface area (Å²) in [5.74, 6) is -1.53. The minimum atomic E-state index is -0.737. The number of rotatable bonds is 4. The molecule has 136 valence electrons. The second kappa shape index (κ2) is 6.71. The Balaban J connectivity index is 1.88. The first-order valence-electron chi connectivity index (χ1n) is 8.19. The number of Topliss-reactive ketones (excluding diaryl/α,β-unsaturated/α-hetero) is 1. The molecule has 1 aromatic carbocycles. The van der Waals surface area contributed by atoms with Crippen LogP contribution in [0.3, 0.4) is 0 Å². The molecule has 4 rings (SSSR count). The molecule has 1 aliphatic rings. The molecular weight excluding hydrogens is 382 g/mol. The predicted molar refractivity (Wildman–Crippen MR) is 104 cm³/mol. The molecule has 1 amide bonds. The van der Waals surface area contributed by atoms with Crippen molar-refractivity contribution in [3.05, 3.63) is 74.4 Å². The van der Waals surface area contributed by atoms with E-state index >= 15 is 0 Å². The molecule has 0 spiro atoms. The number of amides is 1. The number of aryl methyl sites for hydroxylation is 2. The minimum absolute atomic E-state index is 0.0631. The Morgan fingerprint density at radius 1 is 1.22 bits per heavy atom. The molecule has 1 N–H and O–H groups in total. The van der Waals surface area contributed by atoms with Gasteiger partial charge < -0.3 is 5.11 Å². The summed E-state index contributed by atoms with van der Waals surface area (Å²) in [6.45, 7) is 3.57. The second-order valence-electron chi connectivity index (χ2n) is 6.04. The van der Waals surface area contributed by atoms with E-state index < -0.39 is 17.7 Å². The quantitative estimate of drug-likeness (QED) is 0.673. The summed E-state index contributed by atoms with van der Waals surface area (Å²) in [7, 11) is 0. The van der Waals surface area contributed by atoms with Crippen molar-refractivity contribution in [1.82, 2.24) is 9.97 Å². The molecule has 3 aromatic rings. The van der Waals surface area contributed by atoms with Gasteiger partial charge in [-0.3, -0.25) is 14.5 Å². The summed E-state index contributed by atoms with van der Waals surface area (Å²) in [4.78, 5) is 36.5. The maximum Gasteiger partial charge on any atom is 0.296 e. The van der Waals surface area contributed by atoms with Crippen molar-refractivity contribution >= 4 is 39.5 Å². The highest BCUT2D eigenvalue weighted by Crippen LogP contribution is 2.43. The lowest BCUT2D eigenvalue weighted by molar-refractivity contribution is -0.117. The second-order valence-corrected chi connectivity index (χ2v) is 8.12. The van der Waals surface area contributed by atoms with E-state index in [1.807, 2.05) is 37.3 Å². The van der Waals surface area contributed by atoms with Crippen LogP contribution in [-0.2, 0) is 4.79 Å². The molecule has 0 aliphatic carbocycles. The number of ketones is 1. The van der Waals surface area contributed by atoms with Crippen molar-refractivity contribution in [2.24, 2.45) is 0 Å². The molecule has 0 bridgehead atoms. The number of hydrogen-bond acceptors (Lipinski definition) is 7. The Morgan fingerprint density at radius 2 is 1.96 bits per heavy atom. The van der Waals surface area contributed by atoms with Gasteiger partial charge in [-0.15, -0.1) is 22.7 Å². The molecule has 6 nitrogen and oxygen atoms in total. The number of carbonyl (C=O) groups is 2. The van der Waals surface area contributed by atoms with Crippen LogP contribution in [-0.4, -0.2) is 26.8 Å². The van der Waals surface area contributed by atoms with Gasteiger partial charge in [0.25, 0.3) is 5.91 Å². The van der Waals surface area contributed by atoms with E-state index in [0.717, 1.165) is 10.6 Å². The SMILES string of the molecule is Cc1nc(C)c(C(=O)C2=C(O)C(=O)N(c3nccs3)C2c2ccccc2)s1. The number of aliphatic hydroxyl groups is 1. The number of hydrogen-bond donors (Lipinski definition) is 1. The van der Waals surface area contributed by atoms with Crippen molar-refractivity contribution in [1.29, 1.82) is 0 Å². The Kier molecular flexibility index (Phi) is 4.37. The van der Waals surface area contributed by atoms with E-state index in [0.29, 0.717) is 15.7 Å². The zero-order valence-electron chi connectivity index (χ0n) is 14.5. The molecule has 1 unspecified atom stereocenters. The fourth-order valence-electron chi connectivity index (χ4n) is 3.18. The fourth-order valence-corrected chi connectivity index (χ4v) is 4.73. The number of carbonyl (C=O) groups excluding carboxylic acids is 2. The fraction of sp³-hybridized carbons (Fsp3) is 0.158. The summed E-state index contributed by atoms with van der Waals surface area (Å²) in [5.41, 5.74) is 1.38.